The van der Waals surface area contributed by atoms with Crippen molar-refractivity contribution in [2.75, 3.05) is 0 Å². The highest BCUT2D eigenvalue weighted by Gasteiger charge is 2.21. The third-order valence-corrected chi connectivity index (χ3v) is 2.32. The lowest BCUT2D eigenvalue weighted by Crippen LogP contribution is -2.25. The number of aliphatic hydroxyl groups excluding tert-OH is 1. The van der Waals surface area contributed by atoms with Crippen LogP contribution >= 0.6 is 15.9 Å². The molecule has 0 bridgehead atoms. The number of hydrogen-bond acceptors (Lipinski definition) is 1. The van der Waals surface area contributed by atoms with Crippen LogP contribution < -0.4 is 0 Å². The molecule has 2 unspecified atom stereocenters. The van der Waals surface area contributed by atoms with Gasteiger partial charge in [0.25, 0.3) is 0 Å². The maximum atomic E-state index is 9.62. The van der Waals surface area contributed by atoms with Gasteiger partial charge in [-0.2, -0.15) is 0 Å². The molecule has 0 radical (unpaired) electrons. The lowest BCUT2D eigenvalue weighted by Gasteiger charge is -2.24. The van der Waals surface area contributed by atoms with Crippen LogP contribution in [0.1, 0.15) is 40.5 Å². The molecular formula is C9H19BrO. The van der Waals surface area contributed by atoms with Crippen molar-refractivity contribution in [2.24, 2.45) is 5.92 Å². The second-order valence-corrected chi connectivity index (χ2v) is 6.02. The molecule has 0 rings (SSSR count). The molecule has 0 aromatic carbocycles. The summed E-state index contributed by atoms with van der Waals surface area (Å²) in [6, 6.07) is 0. The van der Waals surface area contributed by atoms with Crippen LogP contribution in [-0.2, 0) is 0 Å². The van der Waals surface area contributed by atoms with Crippen LogP contribution in [0.3, 0.4) is 0 Å². The van der Waals surface area contributed by atoms with Gasteiger partial charge in [-0.3, -0.25) is 0 Å². The Kier molecular flexibility index (Phi) is 4.64. The highest BCUT2D eigenvalue weighted by Crippen LogP contribution is 2.25. The summed E-state index contributed by atoms with van der Waals surface area (Å²) in [5, 5.41) is 9.62. The summed E-state index contributed by atoms with van der Waals surface area (Å²) in [6.45, 7) is 8.36. The minimum Gasteiger partial charge on any atom is -0.393 e. The van der Waals surface area contributed by atoms with E-state index in [1.54, 1.807) is 0 Å². The first kappa shape index (κ1) is 11.4. The van der Waals surface area contributed by atoms with Gasteiger partial charge in [-0.05, 0) is 26.2 Å². The third kappa shape index (κ3) is 5.68. The molecular weight excluding hydrogens is 204 g/mol. The predicted octanol–water partition coefficient (Wildman–Crippen LogP) is 2.96. The van der Waals surface area contributed by atoms with E-state index in [-0.39, 0.29) is 10.4 Å². The molecule has 2 atom stereocenters. The van der Waals surface area contributed by atoms with Gasteiger partial charge >= 0.3 is 0 Å². The second-order valence-electron chi connectivity index (χ2n) is 3.88. The topological polar surface area (TPSA) is 20.2 Å². The molecule has 0 saturated heterocycles. The summed E-state index contributed by atoms with van der Waals surface area (Å²) in [5.74, 6) is 0.409. The molecule has 1 N–H and O–H groups in total. The zero-order chi connectivity index (χ0) is 9.07. The van der Waals surface area contributed by atoms with E-state index >= 15 is 0 Å². The molecule has 1 nitrogen and oxygen atoms in total. The van der Waals surface area contributed by atoms with Gasteiger partial charge in [-0.1, -0.05) is 36.2 Å². The van der Waals surface area contributed by atoms with Crippen LogP contribution in [0.25, 0.3) is 0 Å². The van der Waals surface area contributed by atoms with E-state index in [0.717, 1.165) is 12.8 Å². The Labute approximate surface area is 78.3 Å². The minimum absolute atomic E-state index is 0.0653. The van der Waals surface area contributed by atoms with Crippen molar-refractivity contribution >= 4 is 15.9 Å². The fraction of sp³-hybridized carbons (Fsp3) is 1.00. The van der Waals surface area contributed by atoms with Crippen LogP contribution in [0.5, 0.6) is 0 Å². The van der Waals surface area contributed by atoms with E-state index in [1.165, 1.54) is 0 Å². The van der Waals surface area contributed by atoms with Crippen molar-refractivity contribution in [1.29, 1.82) is 0 Å². The summed E-state index contributed by atoms with van der Waals surface area (Å²) in [5.41, 5.74) is 0. The van der Waals surface area contributed by atoms with E-state index in [1.807, 2.05) is 0 Å². The highest BCUT2D eigenvalue weighted by molar-refractivity contribution is 9.10. The Hall–Kier alpha value is 0.440. The summed E-state index contributed by atoms with van der Waals surface area (Å²) in [4.78, 5) is 0. The van der Waals surface area contributed by atoms with Gasteiger partial charge in [0.15, 0.2) is 0 Å². The van der Waals surface area contributed by atoms with Crippen LogP contribution in [0, 0.1) is 5.92 Å². The second kappa shape index (κ2) is 4.46. The summed E-state index contributed by atoms with van der Waals surface area (Å²) >= 11 is 3.52. The molecule has 0 spiro atoms. The largest absolute Gasteiger partial charge is 0.393 e. The van der Waals surface area contributed by atoms with Crippen molar-refractivity contribution in [3.8, 4) is 0 Å². The van der Waals surface area contributed by atoms with Crippen molar-refractivity contribution in [3.05, 3.63) is 0 Å². The van der Waals surface area contributed by atoms with Crippen LogP contribution in [0.2, 0.25) is 0 Å². The molecule has 0 amide bonds. The van der Waals surface area contributed by atoms with Crippen molar-refractivity contribution < 1.29 is 5.11 Å². The average molecular weight is 223 g/mol. The van der Waals surface area contributed by atoms with Gasteiger partial charge in [-0.25, -0.2) is 0 Å². The Morgan fingerprint density at radius 3 is 2.18 bits per heavy atom. The first-order chi connectivity index (χ1) is 4.87. The smallest absolute Gasteiger partial charge is 0.0578 e. The van der Waals surface area contributed by atoms with Crippen LogP contribution in [0.15, 0.2) is 0 Å². The van der Waals surface area contributed by atoms with Crippen LogP contribution in [-0.4, -0.2) is 15.5 Å². The average Bonchev–Trinajstić information content (AvgIpc) is 1.82. The van der Waals surface area contributed by atoms with Gasteiger partial charge in [0, 0.05) is 4.32 Å². The first-order valence-electron chi connectivity index (χ1n) is 4.24. The lowest BCUT2D eigenvalue weighted by atomic mass is 9.94. The molecule has 2 heteroatoms. The van der Waals surface area contributed by atoms with E-state index in [4.69, 9.17) is 0 Å². The first-order valence-corrected chi connectivity index (χ1v) is 5.03. The number of aliphatic hydroxyl groups is 1. The maximum absolute atomic E-state index is 9.62. The molecule has 0 fully saturated rings. The van der Waals surface area contributed by atoms with E-state index in [2.05, 4.69) is 43.6 Å². The normalized spacial score (nSPS) is 18.0. The van der Waals surface area contributed by atoms with E-state index in [9.17, 15) is 5.11 Å². The molecule has 0 aromatic rings. The predicted molar refractivity (Wildman–Crippen MR) is 53.1 cm³/mol. The fourth-order valence-corrected chi connectivity index (χ4v) is 1.30. The van der Waals surface area contributed by atoms with Gasteiger partial charge in [0.2, 0.25) is 0 Å². The maximum Gasteiger partial charge on any atom is 0.0578 e. The van der Waals surface area contributed by atoms with E-state index < -0.39 is 0 Å². The Morgan fingerprint density at radius 2 is 1.91 bits per heavy atom. The molecule has 11 heavy (non-hydrogen) atoms. The standard InChI is InChI=1S/C9H19BrO/c1-5-7(2)8(11)6-9(3,4)10/h7-8,11H,5-6H2,1-4H3. The van der Waals surface area contributed by atoms with Crippen LogP contribution in [0.4, 0.5) is 0 Å². The summed E-state index contributed by atoms with van der Waals surface area (Å²) < 4.78 is 0.0653. The molecule has 0 saturated carbocycles. The molecule has 68 valence electrons. The lowest BCUT2D eigenvalue weighted by molar-refractivity contribution is 0.0984. The van der Waals surface area contributed by atoms with Gasteiger partial charge in [0.05, 0.1) is 6.10 Å². The summed E-state index contributed by atoms with van der Waals surface area (Å²) in [6.07, 6.45) is 1.70. The number of halogens is 1. The molecule has 0 aliphatic rings. The Morgan fingerprint density at radius 1 is 1.45 bits per heavy atom. The third-order valence-electron chi connectivity index (χ3n) is 2.00. The van der Waals surface area contributed by atoms with Crippen molar-refractivity contribution in [2.45, 2.75) is 51.0 Å². The van der Waals surface area contributed by atoms with Crippen molar-refractivity contribution in [1.82, 2.24) is 0 Å². The molecule has 0 aliphatic heterocycles. The van der Waals surface area contributed by atoms with Gasteiger partial charge in [0.1, 0.15) is 0 Å². The number of alkyl halides is 1. The SMILES string of the molecule is CCC(C)C(O)CC(C)(C)Br. The summed E-state index contributed by atoms with van der Waals surface area (Å²) in [7, 11) is 0. The molecule has 0 heterocycles. The van der Waals surface area contributed by atoms with Gasteiger partial charge in [-0.15, -0.1) is 0 Å². The Bertz CT molecular complexity index is 107. The van der Waals surface area contributed by atoms with Crippen molar-refractivity contribution in [3.63, 3.8) is 0 Å². The quantitative estimate of drug-likeness (QED) is 0.726. The number of hydrogen-bond donors (Lipinski definition) is 1. The fourth-order valence-electron chi connectivity index (χ4n) is 0.971. The minimum atomic E-state index is -0.172. The van der Waals surface area contributed by atoms with E-state index in [0.29, 0.717) is 5.92 Å². The molecule has 0 aliphatic carbocycles. The Balaban J connectivity index is 3.77. The zero-order valence-corrected chi connectivity index (χ0v) is 9.48. The zero-order valence-electron chi connectivity index (χ0n) is 7.89. The van der Waals surface area contributed by atoms with Gasteiger partial charge < -0.3 is 5.11 Å². The molecule has 0 aromatic heterocycles. The highest BCUT2D eigenvalue weighted by atomic mass is 79.9. The number of rotatable bonds is 4. The monoisotopic (exact) mass is 222 g/mol.